The second-order valence-corrected chi connectivity index (χ2v) is 4.78. The monoisotopic (exact) mass is 289 g/mol. The molecule has 1 aromatic heterocycles. The van der Waals surface area contributed by atoms with Gasteiger partial charge in [-0.25, -0.2) is 4.98 Å². The Bertz CT molecular complexity index is 583. The third-order valence-electron chi connectivity index (χ3n) is 3.08. The van der Waals surface area contributed by atoms with Gasteiger partial charge in [0.2, 0.25) is 0 Å². The fourth-order valence-electron chi connectivity index (χ4n) is 2.09. The number of para-hydroxylation sites is 1. The third kappa shape index (κ3) is 3.68. The number of aliphatic hydroxyl groups excluding tert-OH is 1. The SMILES string of the molecule is COCC(O)CN(C)C(=O)c1cncn1-c1ccccc1. The summed E-state index contributed by atoms with van der Waals surface area (Å²) in [6.07, 6.45) is 2.41. The van der Waals surface area contributed by atoms with Crippen molar-refractivity contribution in [1.29, 1.82) is 0 Å². The number of hydrogen-bond acceptors (Lipinski definition) is 4. The minimum atomic E-state index is -0.711. The molecule has 2 rings (SSSR count). The van der Waals surface area contributed by atoms with E-state index in [1.807, 2.05) is 30.3 Å². The highest BCUT2D eigenvalue weighted by atomic mass is 16.5. The smallest absolute Gasteiger partial charge is 0.272 e. The maximum Gasteiger partial charge on any atom is 0.272 e. The standard InChI is InChI=1S/C15H19N3O3/c1-17(9-13(19)10-21-2)15(20)14-8-16-11-18(14)12-6-4-3-5-7-12/h3-8,11,13,19H,9-10H2,1-2H3. The van der Waals surface area contributed by atoms with Gasteiger partial charge in [0.1, 0.15) is 5.69 Å². The van der Waals surface area contributed by atoms with Crippen LogP contribution in [0.4, 0.5) is 0 Å². The average molecular weight is 289 g/mol. The molecule has 1 atom stereocenters. The molecule has 0 fully saturated rings. The molecular formula is C15H19N3O3. The van der Waals surface area contributed by atoms with E-state index in [2.05, 4.69) is 4.98 Å². The lowest BCUT2D eigenvalue weighted by molar-refractivity contribution is 0.0377. The van der Waals surface area contributed by atoms with Crippen LogP contribution in [0.5, 0.6) is 0 Å². The summed E-state index contributed by atoms with van der Waals surface area (Å²) in [5, 5.41) is 9.71. The Labute approximate surface area is 123 Å². The van der Waals surface area contributed by atoms with Crippen molar-refractivity contribution in [2.45, 2.75) is 6.10 Å². The second-order valence-electron chi connectivity index (χ2n) is 4.78. The fourth-order valence-corrected chi connectivity index (χ4v) is 2.09. The van der Waals surface area contributed by atoms with Crippen molar-refractivity contribution in [2.75, 3.05) is 27.3 Å². The summed E-state index contributed by atoms with van der Waals surface area (Å²) in [5.41, 5.74) is 1.32. The Balaban J connectivity index is 2.15. The molecule has 0 bridgehead atoms. The number of imidazole rings is 1. The molecule has 1 heterocycles. The minimum Gasteiger partial charge on any atom is -0.389 e. The van der Waals surface area contributed by atoms with Crippen molar-refractivity contribution >= 4 is 5.91 Å². The van der Waals surface area contributed by atoms with Gasteiger partial charge in [0.25, 0.3) is 5.91 Å². The fraction of sp³-hybridized carbons (Fsp3) is 0.333. The van der Waals surface area contributed by atoms with Gasteiger partial charge in [-0.05, 0) is 12.1 Å². The molecule has 6 heteroatoms. The van der Waals surface area contributed by atoms with Crippen LogP contribution in [0.2, 0.25) is 0 Å². The molecule has 1 N–H and O–H groups in total. The van der Waals surface area contributed by atoms with Crippen LogP contribution in [0.15, 0.2) is 42.9 Å². The number of amides is 1. The first-order chi connectivity index (χ1) is 10.1. The number of ether oxygens (including phenoxy) is 1. The van der Waals surface area contributed by atoms with E-state index in [9.17, 15) is 9.90 Å². The summed E-state index contributed by atoms with van der Waals surface area (Å²) in [7, 11) is 3.15. The zero-order valence-electron chi connectivity index (χ0n) is 12.1. The molecule has 112 valence electrons. The van der Waals surface area contributed by atoms with E-state index in [1.165, 1.54) is 18.2 Å². The number of nitrogens with zero attached hydrogens (tertiary/aromatic N) is 3. The summed E-state index contributed by atoms with van der Waals surface area (Å²) < 4.78 is 6.59. The van der Waals surface area contributed by atoms with Crippen LogP contribution in [0.1, 0.15) is 10.5 Å². The van der Waals surface area contributed by atoms with Gasteiger partial charge >= 0.3 is 0 Å². The molecule has 0 saturated carbocycles. The molecule has 1 unspecified atom stereocenters. The molecule has 0 aliphatic heterocycles. The van der Waals surface area contributed by atoms with Gasteiger partial charge in [-0.3, -0.25) is 9.36 Å². The molecule has 0 radical (unpaired) electrons. The lowest BCUT2D eigenvalue weighted by Gasteiger charge is -2.21. The molecule has 0 spiro atoms. The number of carbonyl (C=O) groups is 1. The molecule has 21 heavy (non-hydrogen) atoms. The van der Waals surface area contributed by atoms with Crippen LogP contribution in [-0.4, -0.2) is 58.9 Å². The number of aliphatic hydroxyl groups is 1. The predicted octanol–water partition coefficient (Wildman–Crippen LogP) is 0.952. The van der Waals surface area contributed by atoms with Crippen LogP contribution in [0.3, 0.4) is 0 Å². The van der Waals surface area contributed by atoms with E-state index in [0.29, 0.717) is 5.69 Å². The zero-order chi connectivity index (χ0) is 15.2. The molecule has 1 amide bonds. The quantitative estimate of drug-likeness (QED) is 0.860. The molecule has 2 aromatic rings. The van der Waals surface area contributed by atoms with Crippen molar-refractivity contribution in [1.82, 2.24) is 14.5 Å². The van der Waals surface area contributed by atoms with Crippen LogP contribution in [0.25, 0.3) is 5.69 Å². The van der Waals surface area contributed by atoms with Gasteiger partial charge < -0.3 is 14.7 Å². The van der Waals surface area contributed by atoms with Crippen molar-refractivity contribution in [3.05, 3.63) is 48.5 Å². The van der Waals surface area contributed by atoms with E-state index in [4.69, 9.17) is 4.74 Å². The topological polar surface area (TPSA) is 67.6 Å². The van der Waals surface area contributed by atoms with Gasteiger partial charge in [-0.15, -0.1) is 0 Å². The normalized spacial score (nSPS) is 12.1. The van der Waals surface area contributed by atoms with E-state index in [-0.39, 0.29) is 19.1 Å². The van der Waals surface area contributed by atoms with Crippen LogP contribution in [0, 0.1) is 0 Å². The summed E-state index contributed by atoms with van der Waals surface area (Å²) in [4.78, 5) is 18.0. The van der Waals surface area contributed by atoms with Gasteiger partial charge in [-0.2, -0.15) is 0 Å². The van der Waals surface area contributed by atoms with E-state index >= 15 is 0 Å². The highest BCUT2D eigenvalue weighted by Crippen LogP contribution is 2.12. The Morgan fingerprint density at radius 3 is 2.81 bits per heavy atom. The molecular weight excluding hydrogens is 270 g/mol. The Morgan fingerprint density at radius 1 is 1.43 bits per heavy atom. The lowest BCUT2D eigenvalue weighted by atomic mass is 10.3. The van der Waals surface area contributed by atoms with E-state index in [1.54, 1.807) is 17.9 Å². The van der Waals surface area contributed by atoms with Crippen molar-refractivity contribution in [2.24, 2.45) is 0 Å². The number of aromatic nitrogens is 2. The lowest BCUT2D eigenvalue weighted by Crippen LogP contribution is -2.37. The van der Waals surface area contributed by atoms with Gasteiger partial charge in [0, 0.05) is 26.4 Å². The highest BCUT2D eigenvalue weighted by Gasteiger charge is 2.19. The number of methoxy groups -OCH3 is 1. The molecule has 6 nitrogen and oxygen atoms in total. The molecule has 1 aromatic carbocycles. The summed E-state index contributed by atoms with van der Waals surface area (Å²) >= 11 is 0. The maximum atomic E-state index is 12.5. The van der Waals surface area contributed by atoms with Crippen LogP contribution >= 0.6 is 0 Å². The molecule has 0 aliphatic rings. The number of hydrogen-bond donors (Lipinski definition) is 1. The number of carbonyl (C=O) groups excluding carboxylic acids is 1. The number of likely N-dealkylation sites (N-methyl/N-ethyl adjacent to an activating group) is 1. The summed E-state index contributed by atoms with van der Waals surface area (Å²) in [5.74, 6) is -0.202. The Morgan fingerprint density at radius 2 is 2.14 bits per heavy atom. The second kappa shape index (κ2) is 7.01. The van der Waals surface area contributed by atoms with Crippen molar-refractivity contribution < 1.29 is 14.6 Å². The summed E-state index contributed by atoms with van der Waals surface area (Å²) in [6.45, 7) is 0.391. The molecule has 0 aliphatic carbocycles. The molecule has 0 saturated heterocycles. The Kier molecular flexibility index (Phi) is 5.08. The largest absolute Gasteiger partial charge is 0.389 e. The van der Waals surface area contributed by atoms with Gasteiger partial charge in [-0.1, -0.05) is 18.2 Å². The van der Waals surface area contributed by atoms with E-state index < -0.39 is 6.10 Å². The average Bonchev–Trinajstić information content (AvgIpc) is 2.96. The van der Waals surface area contributed by atoms with Gasteiger partial charge in [0.05, 0.1) is 25.2 Å². The Hall–Kier alpha value is -2.18. The zero-order valence-corrected chi connectivity index (χ0v) is 12.1. The first-order valence-electron chi connectivity index (χ1n) is 6.63. The van der Waals surface area contributed by atoms with Gasteiger partial charge in [0.15, 0.2) is 0 Å². The van der Waals surface area contributed by atoms with Crippen molar-refractivity contribution in [3.63, 3.8) is 0 Å². The first kappa shape index (κ1) is 15.2. The third-order valence-corrected chi connectivity index (χ3v) is 3.08. The van der Waals surface area contributed by atoms with Crippen molar-refractivity contribution in [3.8, 4) is 5.69 Å². The predicted molar refractivity (Wildman–Crippen MR) is 78.4 cm³/mol. The van der Waals surface area contributed by atoms with E-state index in [0.717, 1.165) is 5.69 Å². The number of rotatable bonds is 6. The minimum absolute atomic E-state index is 0.190. The summed E-state index contributed by atoms with van der Waals surface area (Å²) in [6, 6.07) is 9.51. The van der Waals surface area contributed by atoms with Crippen LogP contribution < -0.4 is 0 Å². The van der Waals surface area contributed by atoms with Crippen LogP contribution in [-0.2, 0) is 4.74 Å². The highest BCUT2D eigenvalue weighted by molar-refractivity contribution is 5.92. The first-order valence-corrected chi connectivity index (χ1v) is 6.63. The number of benzene rings is 1. The maximum absolute atomic E-state index is 12.5.